The van der Waals surface area contributed by atoms with Crippen molar-refractivity contribution in [2.24, 2.45) is 0 Å². The minimum atomic E-state index is -0.0331. The molecular formula is C55H55BN2. The van der Waals surface area contributed by atoms with Crippen LogP contribution in [-0.4, -0.2) is 6.71 Å². The predicted octanol–water partition coefficient (Wildman–Crippen LogP) is 13.3. The molecule has 0 amide bonds. The third kappa shape index (κ3) is 6.36. The Morgan fingerprint density at radius 3 is 1.22 bits per heavy atom. The van der Waals surface area contributed by atoms with Gasteiger partial charge in [-0.25, -0.2) is 0 Å². The van der Waals surface area contributed by atoms with Gasteiger partial charge in [0.25, 0.3) is 6.71 Å². The highest BCUT2D eigenvalue weighted by Gasteiger charge is 2.46. The highest BCUT2D eigenvalue weighted by atomic mass is 15.2. The van der Waals surface area contributed by atoms with Crippen molar-refractivity contribution in [3.05, 3.63) is 174 Å². The summed E-state index contributed by atoms with van der Waals surface area (Å²) in [5.74, 6) is 0. The Labute approximate surface area is 347 Å². The molecule has 0 fully saturated rings. The zero-order valence-corrected chi connectivity index (χ0v) is 35.9. The van der Waals surface area contributed by atoms with Crippen LogP contribution in [0.5, 0.6) is 0 Å². The van der Waals surface area contributed by atoms with Gasteiger partial charge in [-0.3, -0.25) is 0 Å². The Bertz CT molecular complexity index is 2640. The molecule has 0 bridgehead atoms. The molecule has 2 aliphatic rings. The predicted molar refractivity (Wildman–Crippen MR) is 252 cm³/mol. The highest BCUT2D eigenvalue weighted by Crippen LogP contribution is 2.48. The smallest absolute Gasteiger partial charge is 0.253 e. The van der Waals surface area contributed by atoms with Crippen molar-refractivity contribution >= 4 is 57.2 Å². The van der Waals surface area contributed by atoms with E-state index in [4.69, 9.17) is 0 Å². The standard InChI is InChI=1S/C55H55BN2/c1-36-31-48-52-49(32-36)58(43-34-40(54(5,6)7)33-41(35-43)55(8,9)10)47-26-18-24-45(38-21-15-12-16-22-38)51(47)56(52)50-44(37-19-13-11-14-20-37)23-17-25-46(50)57(48)42-29-27-39(28-30-42)53(2,3)4/h11-35H,1-10H3. The van der Waals surface area contributed by atoms with Crippen LogP contribution in [-0.2, 0) is 16.2 Å². The molecule has 58 heavy (non-hydrogen) atoms. The number of hydrogen-bond donors (Lipinski definition) is 0. The van der Waals surface area contributed by atoms with Gasteiger partial charge in [0, 0.05) is 34.1 Å². The molecule has 7 aromatic carbocycles. The van der Waals surface area contributed by atoms with E-state index in [1.54, 1.807) is 0 Å². The van der Waals surface area contributed by atoms with E-state index in [-0.39, 0.29) is 23.0 Å². The number of benzene rings is 7. The summed E-state index contributed by atoms with van der Waals surface area (Å²) in [5.41, 5.74) is 21.6. The van der Waals surface area contributed by atoms with Crippen LogP contribution >= 0.6 is 0 Å². The van der Waals surface area contributed by atoms with Crippen LogP contribution in [0.25, 0.3) is 22.3 Å². The molecule has 9 rings (SSSR count). The van der Waals surface area contributed by atoms with Crippen LogP contribution in [0.15, 0.2) is 152 Å². The van der Waals surface area contributed by atoms with E-state index in [0.29, 0.717) is 0 Å². The first-order chi connectivity index (χ1) is 27.6. The van der Waals surface area contributed by atoms with Crippen molar-refractivity contribution in [1.29, 1.82) is 0 Å². The molecule has 2 heterocycles. The molecule has 0 atom stereocenters. The molecule has 3 heteroatoms. The first-order valence-corrected chi connectivity index (χ1v) is 21.0. The van der Waals surface area contributed by atoms with Gasteiger partial charge in [0.15, 0.2) is 0 Å². The number of rotatable bonds is 4. The summed E-state index contributed by atoms with van der Waals surface area (Å²) in [6, 6.07) is 57.5. The second kappa shape index (κ2) is 13.7. The van der Waals surface area contributed by atoms with E-state index in [1.807, 2.05) is 0 Å². The Morgan fingerprint density at radius 1 is 0.362 bits per heavy atom. The van der Waals surface area contributed by atoms with Crippen molar-refractivity contribution in [1.82, 2.24) is 0 Å². The Hall–Kier alpha value is -5.80. The Kier molecular flexibility index (Phi) is 8.89. The van der Waals surface area contributed by atoms with Gasteiger partial charge in [0.05, 0.1) is 0 Å². The lowest BCUT2D eigenvalue weighted by molar-refractivity contribution is 0.569. The van der Waals surface area contributed by atoms with E-state index in [2.05, 4.69) is 231 Å². The summed E-state index contributed by atoms with van der Waals surface area (Å²) in [5, 5.41) is 0. The zero-order chi connectivity index (χ0) is 40.7. The summed E-state index contributed by atoms with van der Waals surface area (Å²) < 4.78 is 0. The lowest BCUT2D eigenvalue weighted by Crippen LogP contribution is -2.62. The maximum absolute atomic E-state index is 2.60. The molecule has 0 radical (unpaired) electrons. The van der Waals surface area contributed by atoms with Crippen LogP contribution in [0, 0.1) is 6.92 Å². The fourth-order valence-corrected chi connectivity index (χ4v) is 9.23. The van der Waals surface area contributed by atoms with E-state index in [1.165, 1.54) is 95.0 Å². The van der Waals surface area contributed by atoms with E-state index >= 15 is 0 Å². The lowest BCUT2D eigenvalue weighted by atomic mass is 9.32. The van der Waals surface area contributed by atoms with Crippen molar-refractivity contribution in [3.8, 4) is 22.3 Å². The molecule has 0 aromatic heterocycles. The molecule has 2 aliphatic heterocycles. The Balaban J connectivity index is 1.44. The third-order valence-corrected chi connectivity index (χ3v) is 12.3. The van der Waals surface area contributed by atoms with Gasteiger partial charge >= 0.3 is 0 Å². The van der Waals surface area contributed by atoms with Crippen LogP contribution in [0.1, 0.15) is 84.6 Å². The molecule has 288 valence electrons. The molecular weight excluding hydrogens is 699 g/mol. The lowest BCUT2D eigenvalue weighted by Gasteiger charge is -2.46. The molecule has 0 aliphatic carbocycles. The fourth-order valence-electron chi connectivity index (χ4n) is 9.23. The number of aryl methyl sites for hydroxylation is 1. The van der Waals surface area contributed by atoms with Gasteiger partial charge in [-0.2, -0.15) is 0 Å². The largest absolute Gasteiger partial charge is 0.311 e. The van der Waals surface area contributed by atoms with Crippen molar-refractivity contribution in [2.75, 3.05) is 9.80 Å². The van der Waals surface area contributed by atoms with Crippen LogP contribution in [0.2, 0.25) is 0 Å². The molecule has 0 spiro atoms. The first-order valence-electron chi connectivity index (χ1n) is 21.0. The SMILES string of the molecule is Cc1cc2c3c(c1)N(c1cc(C(C)(C)C)cc(C(C)(C)C)c1)c1cccc(-c4ccccc4)c1B3c1c(-c3ccccc3)cccc1N2c1ccc(C(C)(C)C)cc1. The Morgan fingerprint density at radius 2 is 0.793 bits per heavy atom. The molecule has 0 N–H and O–H groups in total. The van der Waals surface area contributed by atoms with Gasteiger partial charge < -0.3 is 9.80 Å². The highest BCUT2D eigenvalue weighted by molar-refractivity contribution is 7.01. The second-order valence-corrected chi connectivity index (χ2v) is 19.6. The zero-order valence-electron chi connectivity index (χ0n) is 35.9. The number of hydrogen-bond acceptors (Lipinski definition) is 2. The normalized spacial score (nSPS) is 13.6. The van der Waals surface area contributed by atoms with Crippen molar-refractivity contribution in [3.63, 3.8) is 0 Å². The number of anilines is 6. The molecule has 0 saturated heterocycles. The van der Waals surface area contributed by atoms with E-state index in [9.17, 15) is 0 Å². The maximum atomic E-state index is 2.60. The van der Waals surface area contributed by atoms with E-state index in [0.717, 1.165) is 0 Å². The van der Waals surface area contributed by atoms with Crippen molar-refractivity contribution < 1.29 is 0 Å². The van der Waals surface area contributed by atoms with Crippen LogP contribution < -0.4 is 26.2 Å². The van der Waals surface area contributed by atoms with Gasteiger partial charge in [-0.05, 0) is 133 Å². The summed E-state index contributed by atoms with van der Waals surface area (Å²) in [7, 11) is 0. The van der Waals surface area contributed by atoms with Gasteiger partial charge in [0.2, 0.25) is 0 Å². The second-order valence-electron chi connectivity index (χ2n) is 19.6. The maximum Gasteiger partial charge on any atom is 0.253 e. The fraction of sp³-hybridized carbons (Fsp3) is 0.236. The minimum absolute atomic E-state index is 0.0300. The third-order valence-electron chi connectivity index (χ3n) is 12.3. The quantitative estimate of drug-likeness (QED) is 0.165. The van der Waals surface area contributed by atoms with Gasteiger partial charge in [0.1, 0.15) is 0 Å². The summed E-state index contributed by atoms with van der Waals surface area (Å²) in [6.07, 6.45) is 0. The van der Waals surface area contributed by atoms with Crippen LogP contribution in [0.4, 0.5) is 34.1 Å². The molecule has 2 nitrogen and oxygen atoms in total. The summed E-state index contributed by atoms with van der Waals surface area (Å²) >= 11 is 0. The first kappa shape index (κ1) is 37.8. The molecule has 7 aromatic rings. The average molecular weight is 755 g/mol. The topological polar surface area (TPSA) is 6.48 Å². The van der Waals surface area contributed by atoms with E-state index < -0.39 is 0 Å². The minimum Gasteiger partial charge on any atom is -0.311 e. The molecule has 0 unspecified atom stereocenters. The van der Waals surface area contributed by atoms with Gasteiger partial charge in [-0.15, -0.1) is 0 Å². The molecule has 0 saturated carbocycles. The summed E-state index contributed by atoms with van der Waals surface area (Å²) in [4.78, 5) is 5.16. The summed E-state index contributed by atoms with van der Waals surface area (Å²) in [6.45, 7) is 23.2. The van der Waals surface area contributed by atoms with Crippen molar-refractivity contribution in [2.45, 2.75) is 85.5 Å². The van der Waals surface area contributed by atoms with Gasteiger partial charge in [-0.1, -0.05) is 165 Å². The average Bonchev–Trinajstić information content (AvgIpc) is 3.19. The monoisotopic (exact) mass is 754 g/mol. The number of nitrogens with zero attached hydrogens (tertiary/aromatic N) is 2. The number of fused-ring (bicyclic) bond motifs is 4. The van der Waals surface area contributed by atoms with Crippen LogP contribution in [0.3, 0.4) is 0 Å².